The van der Waals surface area contributed by atoms with Gasteiger partial charge in [-0.3, -0.25) is 14.7 Å². The molecule has 0 unspecified atom stereocenters. The summed E-state index contributed by atoms with van der Waals surface area (Å²) in [4.78, 5) is 31.8. The third kappa shape index (κ3) is 7.79. The second kappa shape index (κ2) is 13.2. The van der Waals surface area contributed by atoms with Gasteiger partial charge in [-0.1, -0.05) is 36.0 Å². The molecule has 2 aliphatic rings. The molecule has 2 aromatic rings. The van der Waals surface area contributed by atoms with Crippen LogP contribution in [0.25, 0.3) is 0 Å². The molecule has 0 radical (unpaired) electrons. The molecule has 2 heterocycles. The minimum absolute atomic E-state index is 0.184. The number of hydrogen-bond donors (Lipinski definition) is 0. The van der Waals surface area contributed by atoms with Crippen molar-refractivity contribution in [1.29, 1.82) is 0 Å². The van der Waals surface area contributed by atoms with Gasteiger partial charge in [-0.15, -0.1) is 0 Å². The highest BCUT2D eigenvalue weighted by molar-refractivity contribution is 8.14. The number of fused-ring (bicyclic) bond motifs is 1. The van der Waals surface area contributed by atoms with Crippen molar-refractivity contribution in [3.8, 4) is 11.5 Å². The maximum absolute atomic E-state index is 12.8. The molecule has 2 aromatic carbocycles. The van der Waals surface area contributed by atoms with Crippen molar-refractivity contribution in [2.45, 2.75) is 76.3 Å². The maximum Gasteiger partial charge on any atom is 0.416 e. The second-order valence-electron chi connectivity index (χ2n) is 10.8. The topological polar surface area (TPSA) is 105 Å². The zero-order valence-electron chi connectivity index (χ0n) is 24.5. The number of amidine groups is 1. The van der Waals surface area contributed by atoms with Crippen LogP contribution in [0, 0.1) is 0 Å². The molecule has 2 aliphatic heterocycles. The van der Waals surface area contributed by atoms with E-state index in [2.05, 4.69) is 0 Å². The van der Waals surface area contributed by atoms with Crippen LogP contribution < -0.4 is 9.47 Å². The Morgan fingerprint density at radius 3 is 1.88 bits per heavy atom. The number of nitrogens with zero attached hydrogens (tertiary/aromatic N) is 2. The lowest BCUT2D eigenvalue weighted by Crippen LogP contribution is -2.58. The average Bonchev–Trinajstić information content (AvgIpc) is 3.38. The number of Topliss-reactive ketones (excluding diaryl/α,β-unsaturated/α-hetero) is 1. The van der Waals surface area contributed by atoms with Crippen LogP contribution in [-0.2, 0) is 37.0 Å². The first-order valence-electron chi connectivity index (χ1n) is 13.3. The molecule has 5 atom stereocenters. The number of methoxy groups -OCH3 is 2. The Balaban J connectivity index is 1.60. The number of hydrogen-bond acceptors (Lipinski definition) is 10. The van der Waals surface area contributed by atoms with Gasteiger partial charge in [0.25, 0.3) is 0 Å². The molecule has 1 fully saturated rings. The molecule has 10 nitrogen and oxygen atoms in total. The lowest BCUT2D eigenvalue weighted by molar-refractivity contribution is -0.198. The van der Waals surface area contributed by atoms with Crippen LogP contribution in [0.15, 0.2) is 53.5 Å². The second-order valence-corrected chi connectivity index (χ2v) is 11.9. The van der Waals surface area contributed by atoms with Crippen LogP contribution in [-0.4, -0.2) is 78.6 Å². The lowest BCUT2D eigenvalue weighted by atomic mass is 9.95. The molecule has 11 heteroatoms. The van der Waals surface area contributed by atoms with E-state index in [1.54, 1.807) is 42.0 Å². The monoisotopic (exact) mass is 586 g/mol. The van der Waals surface area contributed by atoms with Gasteiger partial charge >= 0.3 is 6.09 Å². The summed E-state index contributed by atoms with van der Waals surface area (Å²) in [5.41, 5.74) is 0.606. The summed E-state index contributed by atoms with van der Waals surface area (Å²) < 4.78 is 35.1. The van der Waals surface area contributed by atoms with E-state index in [1.165, 1.54) is 23.6 Å². The number of carbonyl (C=O) groups excluding carboxylic acids is 2. The van der Waals surface area contributed by atoms with Crippen LogP contribution >= 0.6 is 11.8 Å². The Kier molecular flexibility index (Phi) is 9.96. The lowest BCUT2D eigenvalue weighted by Gasteiger charge is -2.41. The van der Waals surface area contributed by atoms with Crippen molar-refractivity contribution < 1.29 is 38.0 Å². The Morgan fingerprint density at radius 2 is 1.41 bits per heavy atom. The first kappa shape index (κ1) is 30.8. The van der Waals surface area contributed by atoms with E-state index < -0.39 is 41.5 Å². The molecule has 0 aromatic heterocycles. The standard InChI is InChI=1S/C30H38N2O8S/c1-18(33)24-26(38-17-20-10-14-22(36-7)15-11-20)25(37-16-19-8-12-21(35-6)13-9-19)23-27(39-24)41-28(31-23)32(5)29(34)40-30(2,3)4/h8-15,23-27H,16-17H2,1-7H3/t23-,24-,25-,26-,27-/m1/s1. The van der Waals surface area contributed by atoms with E-state index in [1.807, 2.05) is 48.5 Å². The van der Waals surface area contributed by atoms with E-state index in [9.17, 15) is 9.59 Å². The summed E-state index contributed by atoms with van der Waals surface area (Å²) in [6.45, 7) is 7.36. The highest BCUT2D eigenvalue weighted by Gasteiger charge is 2.53. The number of thioether (sulfide) groups is 1. The number of ether oxygens (including phenoxy) is 6. The molecule has 0 N–H and O–H groups in total. The van der Waals surface area contributed by atoms with E-state index >= 15 is 0 Å². The zero-order valence-corrected chi connectivity index (χ0v) is 25.3. The fourth-order valence-corrected chi connectivity index (χ4v) is 5.58. The molecule has 4 rings (SSSR count). The minimum atomic E-state index is -0.885. The van der Waals surface area contributed by atoms with Gasteiger partial charge in [0, 0.05) is 7.05 Å². The predicted molar refractivity (Wildman–Crippen MR) is 155 cm³/mol. The fraction of sp³-hybridized carbons (Fsp3) is 0.500. The van der Waals surface area contributed by atoms with Crippen molar-refractivity contribution in [2.75, 3.05) is 21.3 Å². The minimum Gasteiger partial charge on any atom is -0.497 e. The molecule has 0 saturated carbocycles. The molecule has 1 saturated heterocycles. The molecule has 41 heavy (non-hydrogen) atoms. The normalized spacial score (nSPS) is 23.8. The van der Waals surface area contributed by atoms with Crippen molar-refractivity contribution in [2.24, 2.45) is 4.99 Å². The van der Waals surface area contributed by atoms with Gasteiger partial charge in [0.05, 0.1) is 27.4 Å². The summed E-state index contributed by atoms with van der Waals surface area (Å²) >= 11 is 1.26. The first-order valence-corrected chi connectivity index (χ1v) is 14.2. The third-order valence-electron chi connectivity index (χ3n) is 6.56. The summed E-state index contributed by atoms with van der Waals surface area (Å²) in [5.74, 6) is 1.29. The fourth-order valence-electron chi connectivity index (χ4n) is 4.42. The highest BCUT2D eigenvalue weighted by Crippen LogP contribution is 2.40. The Morgan fingerprint density at radius 1 is 0.902 bits per heavy atom. The maximum atomic E-state index is 12.8. The van der Waals surface area contributed by atoms with E-state index in [-0.39, 0.29) is 19.0 Å². The molecular formula is C30H38N2O8S. The number of ketones is 1. The quantitative estimate of drug-likeness (QED) is 0.409. The smallest absolute Gasteiger partial charge is 0.416 e. The van der Waals surface area contributed by atoms with Crippen molar-refractivity contribution in [3.63, 3.8) is 0 Å². The number of benzene rings is 2. The number of rotatable bonds is 9. The number of aliphatic imine (C=N–C) groups is 1. The number of carbonyl (C=O) groups is 2. The molecule has 0 aliphatic carbocycles. The van der Waals surface area contributed by atoms with Crippen molar-refractivity contribution in [1.82, 2.24) is 4.90 Å². The zero-order chi connectivity index (χ0) is 29.7. The van der Waals surface area contributed by atoms with Gasteiger partial charge in [-0.05, 0) is 63.1 Å². The first-order chi connectivity index (χ1) is 19.5. The highest BCUT2D eigenvalue weighted by atomic mass is 32.2. The molecule has 0 bridgehead atoms. The van der Waals surface area contributed by atoms with Crippen LogP contribution in [0.1, 0.15) is 38.8 Å². The summed E-state index contributed by atoms with van der Waals surface area (Å²) in [7, 11) is 4.82. The van der Waals surface area contributed by atoms with Gasteiger partial charge in [0.15, 0.2) is 11.0 Å². The SMILES string of the molecule is COc1ccc(CO[C@@H]2[C@H]3N=C(N(C)C(=O)OC(C)(C)C)S[C@H]3O[C@H](C(C)=O)[C@H]2OCc2ccc(OC)cc2)cc1. The molecule has 222 valence electrons. The summed E-state index contributed by atoms with van der Waals surface area (Å²) in [5, 5.41) is 0.422. The van der Waals surface area contributed by atoms with Gasteiger partial charge in [0.2, 0.25) is 0 Å². The summed E-state index contributed by atoms with van der Waals surface area (Å²) in [6.07, 6.45) is -2.80. The van der Waals surface area contributed by atoms with E-state index in [0.717, 1.165) is 22.6 Å². The van der Waals surface area contributed by atoms with E-state index in [0.29, 0.717) is 5.17 Å². The molecular weight excluding hydrogens is 548 g/mol. The van der Waals surface area contributed by atoms with Crippen molar-refractivity contribution in [3.05, 3.63) is 59.7 Å². The molecule has 0 spiro atoms. The Bertz CT molecular complexity index is 1230. The van der Waals surface area contributed by atoms with Crippen LogP contribution in [0.5, 0.6) is 11.5 Å². The van der Waals surface area contributed by atoms with Crippen molar-refractivity contribution >= 4 is 28.8 Å². The van der Waals surface area contributed by atoms with E-state index in [4.69, 9.17) is 33.4 Å². The largest absolute Gasteiger partial charge is 0.497 e. The molecule has 1 amide bonds. The number of amides is 1. The van der Waals surface area contributed by atoms with Crippen LogP contribution in [0.4, 0.5) is 4.79 Å². The van der Waals surface area contributed by atoms with Crippen LogP contribution in [0.2, 0.25) is 0 Å². The summed E-state index contributed by atoms with van der Waals surface area (Å²) in [6, 6.07) is 14.5. The predicted octanol–water partition coefficient (Wildman–Crippen LogP) is 4.83. The average molecular weight is 587 g/mol. The van der Waals surface area contributed by atoms with Gasteiger partial charge < -0.3 is 28.4 Å². The Labute approximate surface area is 245 Å². The van der Waals surface area contributed by atoms with Gasteiger partial charge in [-0.2, -0.15) is 0 Å². The van der Waals surface area contributed by atoms with Crippen LogP contribution in [0.3, 0.4) is 0 Å². The Hall–Kier alpha value is -3.12. The van der Waals surface area contributed by atoms with Gasteiger partial charge in [0.1, 0.15) is 46.9 Å². The third-order valence-corrected chi connectivity index (χ3v) is 7.77. The van der Waals surface area contributed by atoms with Gasteiger partial charge in [-0.25, -0.2) is 4.79 Å².